The van der Waals surface area contributed by atoms with Crippen LogP contribution in [0.25, 0.3) is 0 Å². The molecule has 1 aromatic rings. The number of ether oxygens (including phenoxy) is 1. The zero-order chi connectivity index (χ0) is 15.6. The number of β-amino-alcohol motifs (C(OH)–C–C–N with tert-alkyl or cyclic N) is 1. The van der Waals surface area contributed by atoms with Crippen molar-refractivity contribution in [1.29, 1.82) is 0 Å². The number of likely N-dealkylation sites (tertiary alicyclic amines) is 1. The van der Waals surface area contributed by atoms with Crippen LogP contribution in [0.2, 0.25) is 0 Å². The predicted molar refractivity (Wildman–Crippen MR) is 75.2 cm³/mol. The first-order chi connectivity index (χ1) is 9.88. The number of nitrogens with zero attached hydrogens (tertiary/aromatic N) is 1. The number of aliphatic hydroxyl groups is 1. The zero-order valence-electron chi connectivity index (χ0n) is 12.1. The molecule has 114 valence electrons. The number of benzene rings is 1. The summed E-state index contributed by atoms with van der Waals surface area (Å²) in [6.45, 7) is 3.59. The van der Waals surface area contributed by atoms with Crippen LogP contribution in [-0.4, -0.2) is 52.3 Å². The molecule has 1 aliphatic rings. The smallest absolute Gasteiger partial charge is 0.326 e. The average molecular weight is 293 g/mol. The van der Waals surface area contributed by atoms with Gasteiger partial charge in [-0.05, 0) is 31.0 Å². The van der Waals surface area contributed by atoms with Gasteiger partial charge in [0.05, 0.1) is 6.10 Å². The summed E-state index contributed by atoms with van der Waals surface area (Å²) in [5.74, 6) is -0.929. The molecule has 2 rings (SSSR count). The van der Waals surface area contributed by atoms with Crippen molar-refractivity contribution in [3.05, 3.63) is 29.3 Å². The molecule has 0 aromatic heterocycles. The molecule has 0 bridgehead atoms. The van der Waals surface area contributed by atoms with Crippen molar-refractivity contribution < 1.29 is 24.5 Å². The number of carboxylic acids is 1. The molecule has 2 atom stereocenters. The van der Waals surface area contributed by atoms with Crippen molar-refractivity contribution in [2.45, 2.75) is 32.4 Å². The van der Waals surface area contributed by atoms with Crippen LogP contribution in [-0.2, 0) is 9.59 Å². The lowest BCUT2D eigenvalue weighted by Gasteiger charge is -2.21. The van der Waals surface area contributed by atoms with Crippen LogP contribution < -0.4 is 4.74 Å². The van der Waals surface area contributed by atoms with Gasteiger partial charge in [0.25, 0.3) is 5.91 Å². The molecule has 0 saturated carbocycles. The van der Waals surface area contributed by atoms with E-state index in [0.29, 0.717) is 5.75 Å². The van der Waals surface area contributed by atoms with Gasteiger partial charge in [0.2, 0.25) is 0 Å². The molecule has 0 spiro atoms. The van der Waals surface area contributed by atoms with Gasteiger partial charge in [-0.15, -0.1) is 0 Å². The largest absolute Gasteiger partial charge is 0.483 e. The number of aliphatic hydroxyl groups excluding tert-OH is 1. The molecule has 6 nitrogen and oxygen atoms in total. The fraction of sp³-hybridized carbons (Fsp3) is 0.467. The minimum atomic E-state index is -1.10. The maximum atomic E-state index is 12.1. The number of carbonyl (C=O) groups is 2. The molecule has 0 aliphatic carbocycles. The Kier molecular flexibility index (Phi) is 4.47. The Balaban J connectivity index is 2.01. The van der Waals surface area contributed by atoms with Crippen LogP contribution >= 0.6 is 0 Å². The van der Waals surface area contributed by atoms with Crippen molar-refractivity contribution in [2.75, 3.05) is 13.2 Å². The maximum absolute atomic E-state index is 12.1. The van der Waals surface area contributed by atoms with Gasteiger partial charge in [0, 0.05) is 13.0 Å². The summed E-state index contributed by atoms with van der Waals surface area (Å²) in [4.78, 5) is 24.4. The van der Waals surface area contributed by atoms with Gasteiger partial charge in [0.1, 0.15) is 11.8 Å². The minimum absolute atomic E-state index is 0.0337. The van der Waals surface area contributed by atoms with Gasteiger partial charge in [-0.2, -0.15) is 0 Å². The molecule has 1 fully saturated rings. The molecule has 1 saturated heterocycles. The molecule has 1 amide bonds. The van der Waals surface area contributed by atoms with E-state index in [1.54, 1.807) is 0 Å². The van der Waals surface area contributed by atoms with Gasteiger partial charge in [-0.25, -0.2) is 4.79 Å². The van der Waals surface area contributed by atoms with E-state index >= 15 is 0 Å². The zero-order valence-corrected chi connectivity index (χ0v) is 12.1. The normalized spacial score (nSPS) is 21.4. The standard InChI is InChI=1S/C15H19NO5/c1-9-3-4-10(2)13(5-9)21-8-14(18)16-7-11(17)6-12(16)15(19)20/h3-5,11-12,17H,6-8H2,1-2H3,(H,19,20). The number of amides is 1. The van der Waals surface area contributed by atoms with Crippen LogP contribution in [0.4, 0.5) is 0 Å². The highest BCUT2D eigenvalue weighted by Gasteiger charge is 2.38. The second-order valence-corrected chi connectivity index (χ2v) is 5.35. The Morgan fingerprint density at radius 3 is 2.76 bits per heavy atom. The molecule has 21 heavy (non-hydrogen) atoms. The first kappa shape index (κ1) is 15.3. The molecule has 2 N–H and O–H groups in total. The highest BCUT2D eigenvalue weighted by atomic mass is 16.5. The number of aryl methyl sites for hydroxylation is 2. The quantitative estimate of drug-likeness (QED) is 0.854. The third-order valence-electron chi connectivity index (χ3n) is 3.58. The third kappa shape index (κ3) is 3.52. The van der Waals surface area contributed by atoms with Crippen LogP contribution in [0, 0.1) is 13.8 Å². The summed E-state index contributed by atoms with van der Waals surface area (Å²) in [6, 6.07) is 4.70. The van der Waals surface area contributed by atoms with E-state index in [1.165, 1.54) is 0 Å². The fourth-order valence-corrected chi connectivity index (χ4v) is 2.41. The lowest BCUT2D eigenvalue weighted by atomic mass is 10.1. The molecule has 2 unspecified atom stereocenters. The Labute approximate surface area is 122 Å². The Hall–Kier alpha value is -2.08. The molecular formula is C15H19NO5. The second-order valence-electron chi connectivity index (χ2n) is 5.35. The molecule has 6 heteroatoms. The average Bonchev–Trinajstić information content (AvgIpc) is 2.82. The van der Waals surface area contributed by atoms with Gasteiger partial charge in [-0.1, -0.05) is 12.1 Å². The van der Waals surface area contributed by atoms with Crippen molar-refractivity contribution in [2.24, 2.45) is 0 Å². The van der Waals surface area contributed by atoms with E-state index < -0.39 is 24.0 Å². The van der Waals surface area contributed by atoms with Crippen molar-refractivity contribution >= 4 is 11.9 Å². The summed E-state index contributed by atoms with van der Waals surface area (Å²) in [6.07, 6.45) is -0.736. The van der Waals surface area contributed by atoms with Gasteiger partial charge in [-0.3, -0.25) is 4.79 Å². The molecule has 1 aromatic carbocycles. The molecule has 1 heterocycles. The topological polar surface area (TPSA) is 87.1 Å². The van der Waals surface area contributed by atoms with Gasteiger partial charge < -0.3 is 19.8 Å². The van der Waals surface area contributed by atoms with Crippen LogP contribution in [0.15, 0.2) is 18.2 Å². The Bertz CT molecular complexity index is 557. The molecule has 0 radical (unpaired) electrons. The lowest BCUT2D eigenvalue weighted by molar-refractivity contribution is -0.149. The second kappa shape index (κ2) is 6.13. The number of carboxylic acid groups (broad SMARTS) is 1. The number of carbonyl (C=O) groups excluding carboxylic acids is 1. The van der Waals surface area contributed by atoms with E-state index in [1.807, 2.05) is 32.0 Å². The molecular weight excluding hydrogens is 274 g/mol. The van der Waals surface area contributed by atoms with Crippen LogP contribution in [0.1, 0.15) is 17.5 Å². The van der Waals surface area contributed by atoms with E-state index in [2.05, 4.69) is 0 Å². The number of aliphatic carboxylic acids is 1. The van der Waals surface area contributed by atoms with Crippen LogP contribution in [0.3, 0.4) is 0 Å². The summed E-state index contributed by atoms with van der Waals surface area (Å²) in [5.41, 5.74) is 1.92. The predicted octanol–water partition coefficient (Wildman–Crippen LogP) is 0.729. The monoisotopic (exact) mass is 293 g/mol. The SMILES string of the molecule is Cc1ccc(C)c(OCC(=O)N2CC(O)CC2C(=O)O)c1. The van der Waals surface area contributed by atoms with E-state index in [4.69, 9.17) is 9.84 Å². The fourth-order valence-electron chi connectivity index (χ4n) is 2.41. The Morgan fingerprint density at radius 1 is 1.38 bits per heavy atom. The number of rotatable bonds is 4. The summed E-state index contributed by atoms with van der Waals surface area (Å²) in [7, 11) is 0. The number of hydrogen-bond donors (Lipinski definition) is 2. The van der Waals surface area contributed by atoms with Gasteiger partial charge >= 0.3 is 5.97 Å². The molecule has 1 aliphatic heterocycles. The maximum Gasteiger partial charge on any atom is 0.326 e. The highest BCUT2D eigenvalue weighted by Crippen LogP contribution is 2.21. The first-order valence-electron chi connectivity index (χ1n) is 6.79. The van der Waals surface area contributed by atoms with E-state index in [-0.39, 0.29) is 19.6 Å². The summed E-state index contributed by atoms with van der Waals surface area (Å²) >= 11 is 0. The summed E-state index contributed by atoms with van der Waals surface area (Å²) < 4.78 is 5.49. The minimum Gasteiger partial charge on any atom is -0.483 e. The lowest BCUT2D eigenvalue weighted by Crippen LogP contribution is -2.43. The van der Waals surface area contributed by atoms with E-state index in [9.17, 15) is 14.7 Å². The highest BCUT2D eigenvalue weighted by molar-refractivity contribution is 5.85. The van der Waals surface area contributed by atoms with Crippen molar-refractivity contribution in [1.82, 2.24) is 4.90 Å². The van der Waals surface area contributed by atoms with E-state index in [0.717, 1.165) is 16.0 Å². The van der Waals surface area contributed by atoms with Crippen LogP contribution in [0.5, 0.6) is 5.75 Å². The Morgan fingerprint density at radius 2 is 2.10 bits per heavy atom. The van der Waals surface area contributed by atoms with Gasteiger partial charge in [0.15, 0.2) is 6.61 Å². The third-order valence-corrected chi connectivity index (χ3v) is 3.58. The van der Waals surface area contributed by atoms with Crippen molar-refractivity contribution in [3.8, 4) is 5.75 Å². The first-order valence-corrected chi connectivity index (χ1v) is 6.79. The summed E-state index contributed by atoms with van der Waals surface area (Å²) in [5, 5.41) is 18.6. The number of hydrogen-bond acceptors (Lipinski definition) is 4. The van der Waals surface area contributed by atoms with Crippen molar-refractivity contribution in [3.63, 3.8) is 0 Å².